The van der Waals surface area contributed by atoms with Crippen molar-refractivity contribution >= 4 is 23.2 Å². The second kappa shape index (κ2) is 13.9. The predicted molar refractivity (Wildman–Crippen MR) is 167 cm³/mol. The number of likely N-dealkylation sites (tertiary alicyclic amines) is 1. The highest BCUT2D eigenvalue weighted by Gasteiger charge is 2.33. The second-order valence-electron chi connectivity index (χ2n) is 11.3. The molecule has 5 rings (SSSR count). The van der Waals surface area contributed by atoms with Crippen molar-refractivity contribution in [3.63, 3.8) is 0 Å². The van der Waals surface area contributed by atoms with E-state index >= 15 is 0 Å². The van der Waals surface area contributed by atoms with Gasteiger partial charge in [-0.05, 0) is 62.1 Å². The van der Waals surface area contributed by atoms with Gasteiger partial charge in [-0.3, -0.25) is 9.59 Å². The van der Waals surface area contributed by atoms with Crippen LogP contribution < -0.4 is 10.6 Å². The maximum atomic E-state index is 13.5. The third-order valence-corrected chi connectivity index (χ3v) is 9.02. The highest BCUT2D eigenvalue weighted by molar-refractivity contribution is 7.09. The summed E-state index contributed by atoms with van der Waals surface area (Å²) < 4.78 is 39.7. The molecule has 3 aromatic carbocycles. The zero-order valence-corrected chi connectivity index (χ0v) is 25.7. The van der Waals surface area contributed by atoms with Gasteiger partial charge in [0.1, 0.15) is 5.01 Å². The van der Waals surface area contributed by atoms with Crippen LogP contribution in [0.4, 0.5) is 13.2 Å². The molecule has 4 unspecified atom stereocenters. The Morgan fingerprint density at radius 3 is 2.49 bits per heavy atom. The molecule has 11 heteroatoms. The normalized spacial score (nSPS) is 17.1. The van der Waals surface area contributed by atoms with Crippen LogP contribution in [0.5, 0.6) is 0 Å². The number of hydrogen-bond acceptors (Lipinski definition) is 6. The van der Waals surface area contributed by atoms with E-state index in [9.17, 15) is 27.9 Å². The Bertz CT molecular complexity index is 1630. The highest BCUT2D eigenvalue weighted by Crippen LogP contribution is 2.35. The van der Waals surface area contributed by atoms with Gasteiger partial charge in [0.2, 0.25) is 0 Å². The van der Waals surface area contributed by atoms with Gasteiger partial charge in [0.15, 0.2) is 0 Å². The Morgan fingerprint density at radius 1 is 1.04 bits per heavy atom. The molecule has 2 amide bonds. The summed E-state index contributed by atoms with van der Waals surface area (Å²) in [6.45, 7) is 4.25. The first-order valence-electron chi connectivity index (χ1n) is 14.8. The van der Waals surface area contributed by atoms with Crippen molar-refractivity contribution < 1.29 is 27.9 Å². The monoisotopic (exact) mass is 636 g/mol. The van der Waals surface area contributed by atoms with Crippen LogP contribution in [-0.4, -0.2) is 45.5 Å². The van der Waals surface area contributed by atoms with Gasteiger partial charge in [0.25, 0.3) is 11.8 Å². The average molecular weight is 637 g/mol. The number of rotatable bonds is 10. The molecule has 7 nitrogen and oxygen atoms in total. The number of nitrogens with one attached hydrogen (secondary N) is 2. The molecule has 236 valence electrons. The number of halogens is 3. The van der Waals surface area contributed by atoms with E-state index in [0.29, 0.717) is 23.2 Å². The van der Waals surface area contributed by atoms with Crippen molar-refractivity contribution in [3.8, 4) is 0 Å². The summed E-state index contributed by atoms with van der Waals surface area (Å²) in [4.78, 5) is 33.2. The third-order valence-electron chi connectivity index (χ3n) is 7.96. The number of carbonyl (C=O) groups is 2. The van der Waals surface area contributed by atoms with Crippen molar-refractivity contribution in [2.45, 2.75) is 63.6 Å². The molecule has 0 spiro atoms. The van der Waals surface area contributed by atoms with E-state index in [-0.39, 0.29) is 24.1 Å². The zero-order chi connectivity index (χ0) is 32.1. The van der Waals surface area contributed by atoms with Gasteiger partial charge in [-0.25, -0.2) is 4.98 Å². The Morgan fingerprint density at radius 2 is 1.78 bits per heavy atom. The summed E-state index contributed by atoms with van der Waals surface area (Å²) >= 11 is 1.54. The van der Waals surface area contributed by atoms with Gasteiger partial charge in [0, 0.05) is 35.3 Å². The largest absolute Gasteiger partial charge is 0.416 e. The minimum absolute atomic E-state index is 0.0589. The molecule has 1 aliphatic rings. The highest BCUT2D eigenvalue weighted by atomic mass is 32.1. The first kappa shape index (κ1) is 32.3. The van der Waals surface area contributed by atoms with Crippen LogP contribution in [0.1, 0.15) is 80.0 Å². The van der Waals surface area contributed by atoms with Crippen molar-refractivity contribution in [2.75, 3.05) is 6.54 Å². The van der Waals surface area contributed by atoms with E-state index in [1.165, 1.54) is 6.07 Å². The van der Waals surface area contributed by atoms with E-state index < -0.39 is 35.8 Å². The smallest absolute Gasteiger partial charge is 0.389 e. The maximum absolute atomic E-state index is 13.5. The second-order valence-corrected chi connectivity index (χ2v) is 12.2. The quantitative estimate of drug-likeness (QED) is 0.186. The molecule has 0 aliphatic carbocycles. The number of hydrogen-bond donors (Lipinski definition) is 3. The lowest BCUT2D eigenvalue weighted by atomic mass is 9.96. The molecule has 1 fully saturated rings. The molecule has 4 atom stereocenters. The lowest BCUT2D eigenvalue weighted by molar-refractivity contribution is -0.137. The van der Waals surface area contributed by atoms with Crippen LogP contribution in [0.3, 0.4) is 0 Å². The lowest BCUT2D eigenvalue weighted by Crippen LogP contribution is -2.47. The fourth-order valence-electron chi connectivity index (χ4n) is 5.60. The van der Waals surface area contributed by atoms with Gasteiger partial charge < -0.3 is 20.6 Å². The molecule has 0 radical (unpaired) electrons. The van der Waals surface area contributed by atoms with Crippen LogP contribution in [0.25, 0.3) is 0 Å². The molecule has 3 N–H and O–H groups in total. The van der Waals surface area contributed by atoms with E-state index in [1.807, 2.05) is 23.3 Å². The van der Waals surface area contributed by atoms with Crippen LogP contribution in [-0.2, 0) is 12.7 Å². The van der Waals surface area contributed by atoms with E-state index in [4.69, 9.17) is 0 Å². The Hall–Kier alpha value is -4.06. The third kappa shape index (κ3) is 7.78. The number of aliphatic hydroxyl groups is 1. The lowest BCUT2D eigenvalue weighted by Gasteiger charge is -2.30. The first-order chi connectivity index (χ1) is 21.5. The van der Waals surface area contributed by atoms with Crippen molar-refractivity contribution in [1.29, 1.82) is 0 Å². The van der Waals surface area contributed by atoms with Gasteiger partial charge in [-0.2, -0.15) is 13.2 Å². The summed E-state index contributed by atoms with van der Waals surface area (Å²) in [7, 11) is 0. The number of carbonyl (C=O) groups excluding carboxylic acids is 2. The van der Waals surface area contributed by atoms with E-state index in [0.717, 1.165) is 35.7 Å². The molecule has 1 aliphatic heterocycles. The number of aromatic nitrogens is 1. The van der Waals surface area contributed by atoms with Crippen molar-refractivity contribution in [2.24, 2.45) is 0 Å². The molecule has 45 heavy (non-hydrogen) atoms. The van der Waals surface area contributed by atoms with Gasteiger partial charge in [-0.15, -0.1) is 11.3 Å². The number of aryl methyl sites for hydroxylation is 1. The van der Waals surface area contributed by atoms with Gasteiger partial charge in [0.05, 0.1) is 29.8 Å². The topological polar surface area (TPSA) is 94.6 Å². The van der Waals surface area contributed by atoms with Crippen LogP contribution in [0.2, 0.25) is 0 Å². The molecule has 0 saturated carbocycles. The van der Waals surface area contributed by atoms with Crippen molar-refractivity contribution in [1.82, 2.24) is 20.5 Å². The summed E-state index contributed by atoms with van der Waals surface area (Å²) in [5.41, 5.74) is 1.95. The number of alkyl halides is 3. The fraction of sp³-hybridized carbons (Fsp3) is 0.324. The average Bonchev–Trinajstić information content (AvgIpc) is 3.70. The first-order valence-corrected chi connectivity index (χ1v) is 15.7. The predicted octanol–water partition coefficient (Wildman–Crippen LogP) is 6.46. The van der Waals surface area contributed by atoms with Gasteiger partial charge in [-0.1, -0.05) is 54.6 Å². The molecular formula is C34H35F3N4O3S. The molecule has 1 saturated heterocycles. The number of benzene rings is 3. The molecular weight excluding hydrogens is 601 g/mol. The Kier molecular flexibility index (Phi) is 10.0. The Labute approximate surface area is 264 Å². The Balaban J connectivity index is 1.28. The molecule has 1 aromatic heterocycles. The number of thiazole rings is 1. The molecule has 4 aromatic rings. The van der Waals surface area contributed by atoms with E-state index in [2.05, 4.69) is 15.6 Å². The number of aliphatic hydroxyl groups excluding tert-OH is 1. The minimum Gasteiger partial charge on any atom is -0.389 e. The van der Waals surface area contributed by atoms with Gasteiger partial charge >= 0.3 is 6.18 Å². The maximum Gasteiger partial charge on any atom is 0.416 e. The summed E-state index contributed by atoms with van der Waals surface area (Å²) in [6, 6.07) is 19.0. The molecule has 2 heterocycles. The number of nitrogens with zero attached hydrogens (tertiary/aromatic N) is 2. The van der Waals surface area contributed by atoms with Crippen molar-refractivity contribution in [3.05, 3.63) is 123 Å². The van der Waals surface area contributed by atoms with E-state index in [1.54, 1.807) is 72.9 Å². The fourth-order valence-corrected chi connectivity index (χ4v) is 6.54. The zero-order valence-electron chi connectivity index (χ0n) is 24.9. The minimum atomic E-state index is -4.47. The number of amides is 2. The standard InChI is InChI=1S/C34H35F3N4O3S/c1-21-20-45-32(39-21)28-15-8-16-41(28)33(44)26-13-7-12-25(18-26)31(43)40-22(2)30(42)29(24-10-4-3-5-11-24)38-19-23-9-6-14-27(17-23)34(35,36)37/h3-7,9-14,17-18,20,22,28-30,38,42H,8,15-16,19H2,1-2H3,(H,40,43). The summed E-state index contributed by atoms with van der Waals surface area (Å²) in [5.74, 6) is -0.634. The summed E-state index contributed by atoms with van der Waals surface area (Å²) in [5, 5.41) is 20.3. The van der Waals surface area contributed by atoms with Crippen LogP contribution in [0.15, 0.2) is 84.2 Å². The SMILES string of the molecule is Cc1csc(C2CCCN2C(=O)c2cccc(C(=O)NC(C)C(O)C(NCc3cccc(C(F)(F)F)c3)c3ccccc3)c2)n1. The van der Waals surface area contributed by atoms with Crippen LogP contribution in [0, 0.1) is 6.92 Å². The van der Waals surface area contributed by atoms with Crippen LogP contribution >= 0.6 is 11.3 Å². The molecule has 0 bridgehead atoms. The summed E-state index contributed by atoms with van der Waals surface area (Å²) in [6.07, 6.45) is -3.90.